The van der Waals surface area contributed by atoms with Crippen molar-refractivity contribution in [3.8, 4) is 0 Å². The Morgan fingerprint density at radius 3 is 1.93 bits per heavy atom. The van der Waals surface area contributed by atoms with Crippen LogP contribution in [0.25, 0.3) is 27.6 Å². The molecule has 44 heavy (non-hydrogen) atoms. The first-order valence-electron chi connectivity index (χ1n) is 13.9. The minimum absolute atomic E-state index is 0.00424. The Bertz CT molecular complexity index is 1890. The quantitative estimate of drug-likeness (QED) is 0.112. The zero-order valence-electron chi connectivity index (χ0n) is 23.0. The average molecular weight is 610 g/mol. The molecule has 0 spiro atoms. The zero-order chi connectivity index (χ0) is 31.2. The fraction of sp³-hybridized carbons (Fsp3) is 0.212. The van der Waals surface area contributed by atoms with E-state index in [1.165, 1.54) is 0 Å². The fourth-order valence-electron chi connectivity index (χ4n) is 5.74. The van der Waals surface area contributed by atoms with Crippen LogP contribution in [0.1, 0.15) is 29.5 Å². The maximum absolute atomic E-state index is 13.3. The average Bonchev–Trinajstić information content (AvgIpc) is 3.44. The van der Waals surface area contributed by atoms with Crippen LogP contribution in [0.5, 0.6) is 0 Å². The SMILES string of the molecule is O=c1c(NC[C@@H]2CCCN2/C=C/c2c3ccccc3cc3ccccc23)c(Nc2cc(C(F)(F)F)cc(C(F)(F)F)c2)c1=O. The predicted octanol–water partition coefficient (Wildman–Crippen LogP) is 7.92. The lowest BCUT2D eigenvalue weighted by molar-refractivity contribution is -0.143. The molecule has 1 atom stereocenters. The maximum atomic E-state index is 13.3. The van der Waals surface area contributed by atoms with Gasteiger partial charge in [0.05, 0.1) is 11.1 Å². The van der Waals surface area contributed by atoms with Crippen molar-refractivity contribution in [3.05, 3.63) is 116 Å². The van der Waals surface area contributed by atoms with E-state index in [0.29, 0.717) is 12.1 Å². The molecular formula is C33H25F6N3O2. The first kappa shape index (κ1) is 29.3. The van der Waals surface area contributed by atoms with Gasteiger partial charge in [-0.2, -0.15) is 26.3 Å². The Labute approximate surface area is 247 Å². The lowest BCUT2D eigenvalue weighted by atomic mass is 9.97. The van der Waals surface area contributed by atoms with Crippen LogP contribution in [-0.4, -0.2) is 24.0 Å². The molecule has 1 heterocycles. The molecule has 0 bridgehead atoms. The fourth-order valence-corrected chi connectivity index (χ4v) is 5.74. The van der Waals surface area contributed by atoms with Gasteiger partial charge in [-0.25, -0.2) is 0 Å². The Morgan fingerprint density at radius 2 is 1.34 bits per heavy atom. The van der Waals surface area contributed by atoms with E-state index in [0.717, 1.165) is 46.5 Å². The molecule has 1 aliphatic rings. The molecule has 2 N–H and O–H groups in total. The number of anilines is 3. The van der Waals surface area contributed by atoms with Crippen molar-refractivity contribution < 1.29 is 26.3 Å². The van der Waals surface area contributed by atoms with Crippen molar-refractivity contribution in [2.24, 2.45) is 0 Å². The molecule has 1 fully saturated rings. The smallest absolute Gasteiger partial charge is 0.378 e. The van der Waals surface area contributed by atoms with Gasteiger partial charge in [0.2, 0.25) is 0 Å². The van der Waals surface area contributed by atoms with Crippen LogP contribution in [-0.2, 0) is 12.4 Å². The summed E-state index contributed by atoms with van der Waals surface area (Å²) in [6, 6.07) is 19.2. The normalized spacial score (nSPS) is 16.0. The highest BCUT2D eigenvalue weighted by atomic mass is 19.4. The Kier molecular flexibility index (Phi) is 7.35. The topological polar surface area (TPSA) is 61.4 Å². The molecule has 1 aliphatic heterocycles. The van der Waals surface area contributed by atoms with E-state index in [2.05, 4.69) is 51.9 Å². The van der Waals surface area contributed by atoms with E-state index in [1.54, 1.807) is 0 Å². The Balaban J connectivity index is 1.22. The van der Waals surface area contributed by atoms with Gasteiger partial charge in [-0.15, -0.1) is 0 Å². The van der Waals surface area contributed by atoms with E-state index in [4.69, 9.17) is 0 Å². The second kappa shape index (κ2) is 11.0. The first-order chi connectivity index (χ1) is 20.9. The summed E-state index contributed by atoms with van der Waals surface area (Å²) in [6.07, 6.45) is -4.41. The molecule has 5 aromatic carbocycles. The number of nitrogens with zero attached hydrogens (tertiary/aromatic N) is 1. The number of fused-ring (bicyclic) bond motifs is 2. The number of hydrogen-bond acceptors (Lipinski definition) is 5. The van der Waals surface area contributed by atoms with E-state index in [-0.39, 0.29) is 30.0 Å². The summed E-state index contributed by atoms with van der Waals surface area (Å²) in [5.74, 6) is 0. The van der Waals surface area contributed by atoms with E-state index in [1.807, 2.05) is 30.5 Å². The number of rotatable bonds is 7. The van der Waals surface area contributed by atoms with Gasteiger partial charge in [0.1, 0.15) is 11.4 Å². The number of alkyl halides is 6. The second-order valence-corrected chi connectivity index (χ2v) is 10.8. The van der Waals surface area contributed by atoms with Crippen molar-refractivity contribution in [2.75, 3.05) is 23.7 Å². The third kappa shape index (κ3) is 5.61. The minimum Gasteiger partial charge on any atom is -0.378 e. The number of nitrogens with one attached hydrogen (secondary N) is 2. The second-order valence-electron chi connectivity index (χ2n) is 10.8. The lowest BCUT2D eigenvalue weighted by Crippen LogP contribution is -2.39. The van der Waals surface area contributed by atoms with Crippen molar-refractivity contribution >= 4 is 44.7 Å². The van der Waals surface area contributed by atoms with Crippen LogP contribution in [0.2, 0.25) is 0 Å². The third-order valence-electron chi connectivity index (χ3n) is 7.95. The number of likely N-dealkylation sites (tertiary alicyclic amines) is 1. The van der Waals surface area contributed by atoms with Gasteiger partial charge in [-0.3, -0.25) is 9.59 Å². The summed E-state index contributed by atoms with van der Waals surface area (Å²) in [4.78, 5) is 26.8. The minimum atomic E-state index is -5.05. The van der Waals surface area contributed by atoms with Gasteiger partial charge in [-0.05, 0) is 70.3 Å². The standard InChI is InChI=1S/C33H25F6N3O2/c34-32(35,36)21-15-22(33(37,38)39)17-23(16-21)41-29-28(30(43)31(29)44)40-18-24-8-5-12-42(24)13-11-27-25-9-3-1-6-19(25)14-20-7-2-4-10-26(20)27/h1-4,6-7,9-11,13-17,24,40-41H,5,8,12,18H2/b13-11+/t24-/m0/s1. The van der Waals surface area contributed by atoms with Crippen LogP contribution in [0.4, 0.5) is 43.4 Å². The molecule has 6 rings (SSSR count). The Morgan fingerprint density at radius 1 is 0.773 bits per heavy atom. The summed E-state index contributed by atoms with van der Waals surface area (Å²) >= 11 is 0. The van der Waals surface area contributed by atoms with Crippen molar-refractivity contribution in [2.45, 2.75) is 31.2 Å². The first-order valence-corrected chi connectivity index (χ1v) is 13.9. The molecular weight excluding hydrogens is 584 g/mol. The van der Waals surface area contributed by atoms with Crippen LogP contribution in [0.15, 0.2) is 88.6 Å². The van der Waals surface area contributed by atoms with Gasteiger partial charge in [0.15, 0.2) is 0 Å². The summed E-state index contributed by atoms with van der Waals surface area (Å²) < 4.78 is 79.7. The van der Waals surface area contributed by atoms with Crippen molar-refractivity contribution in [1.29, 1.82) is 0 Å². The van der Waals surface area contributed by atoms with Crippen molar-refractivity contribution in [1.82, 2.24) is 4.90 Å². The molecule has 5 nitrogen and oxygen atoms in total. The van der Waals surface area contributed by atoms with Crippen LogP contribution in [0, 0.1) is 0 Å². The molecule has 0 aliphatic carbocycles. The monoisotopic (exact) mass is 609 g/mol. The largest absolute Gasteiger partial charge is 0.416 e. The van der Waals surface area contributed by atoms with Gasteiger partial charge in [0, 0.05) is 31.0 Å². The number of halogens is 6. The van der Waals surface area contributed by atoms with Gasteiger partial charge < -0.3 is 15.5 Å². The van der Waals surface area contributed by atoms with Crippen LogP contribution in [0.3, 0.4) is 0 Å². The van der Waals surface area contributed by atoms with Gasteiger partial charge in [0.25, 0.3) is 10.9 Å². The molecule has 0 aromatic heterocycles. The molecule has 0 amide bonds. The highest BCUT2D eigenvalue weighted by Crippen LogP contribution is 2.38. The summed E-state index contributed by atoms with van der Waals surface area (Å²) in [5, 5.41) is 9.64. The van der Waals surface area contributed by atoms with Gasteiger partial charge in [-0.1, -0.05) is 48.5 Å². The molecule has 11 heteroatoms. The maximum Gasteiger partial charge on any atom is 0.416 e. The van der Waals surface area contributed by atoms with E-state index >= 15 is 0 Å². The number of benzene rings is 4. The molecule has 0 radical (unpaired) electrons. The molecule has 1 saturated heterocycles. The molecule has 5 aromatic rings. The van der Waals surface area contributed by atoms with Gasteiger partial charge >= 0.3 is 12.4 Å². The third-order valence-corrected chi connectivity index (χ3v) is 7.95. The molecule has 226 valence electrons. The number of hydrogen-bond donors (Lipinski definition) is 2. The zero-order valence-corrected chi connectivity index (χ0v) is 23.0. The Hall–Kier alpha value is -4.80. The summed E-state index contributed by atoms with van der Waals surface area (Å²) in [7, 11) is 0. The summed E-state index contributed by atoms with van der Waals surface area (Å²) in [6.45, 7) is 0.976. The molecule has 0 saturated carbocycles. The predicted molar refractivity (Wildman–Crippen MR) is 160 cm³/mol. The van der Waals surface area contributed by atoms with Crippen LogP contribution < -0.4 is 21.5 Å². The lowest BCUT2D eigenvalue weighted by Gasteiger charge is -2.25. The highest BCUT2D eigenvalue weighted by molar-refractivity contribution is 6.06. The van der Waals surface area contributed by atoms with Crippen molar-refractivity contribution in [3.63, 3.8) is 0 Å². The van der Waals surface area contributed by atoms with Crippen LogP contribution >= 0.6 is 0 Å². The summed E-state index contributed by atoms with van der Waals surface area (Å²) in [5.41, 5.74) is -5.06. The van der Waals surface area contributed by atoms with E-state index in [9.17, 15) is 35.9 Å². The highest BCUT2D eigenvalue weighted by Gasteiger charge is 2.37. The van der Waals surface area contributed by atoms with E-state index < -0.39 is 40.0 Å². The molecule has 0 unspecified atom stereocenters.